The van der Waals surface area contributed by atoms with Crippen molar-refractivity contribution in [3.05, 3.63) is 12.7 Å². The third-order valence-electron chi connectivity index (χ3n) is 2.40. The summed E-state index contributed by atoms with van der Waals surface area (Å²) >= 11 is 0. The highest BCUT2D eigenvalue weighted by atomic mass is 16.6. The van der Waals surface area contributed by atoms with Crippen molar-refractivity contribution in [1.29, 1.82) is 0 Å². The van der Waals surface area contributed by atoms with Crippen LogP contribution in [0.4, 0.5) is 0 Å². The van der Waals surface area contributed by atoms with E-state index in [0.29, 0.717) is 6.10 Å². The van der Waals surface area contributed by atoms with Gasteiger partial charge in [-0.25, -0.2) is 4.79 Å². The molecule has 1 aliphatic carbocycles. The van der Waals surface area contributed by atoms with Gasteiger partial charge in [-0.15, -0.1) is 0 Å². The van der Waals surface area contributed by atoms with Gasteiger partial charge >= 0.3 is 5.97 Å². The Kier molecular flexibility index (Phi) is 1.89. The van der Waals surface area contributed by atoms with Crippen LogP contribution in [0.3, 0.4) is 0 Å². The van der Waals surface area contributed by atoms with E-state index in [2.05, 4.69) is 6.58 Å². The molecule has 0 aromatic rings. The Morgan fingerprint density at radius 1 is 1.58 bits per heavy atom. The molecule has 0 N–H and O–H groups in total. The summed E-state index contributed by atoms with van der Waals surface area (Å²) in [6.45, 7) is 3.35. The van der Waals surface area contributed by atoms with E-state index in [0.717, 1.165) is 19.3 Å². The third kappa shape index (κ3) is 1.37. The maximum Gasteiger partial charge on any atom is 0.330 e. The van der Waals surface area contributed by atoms with Crippen LogP contribution in [0.15, 0.2) is 12.7 Å². The Morgan fingerprint density at radius 2 is 2.42 bits per heavy atom. The first-order chi connectivity index (χ1) is 5.81. The molecule has 0 radical (unpaired) electrons. The van der Waals surface area contributed by atoms with Crippen molar-refractivity contribution in [1.82, 2.24) is 0 Å². The second kappa shape index (κ2) is 2.90. The summed E-state index contributed by atoms with van der Waals surface area (Å²) in [5.41, 5.74) is 0. The maximum atomic E-state index is 10.8. The smallest absolute Gasteiger partial charge is 0.330 e. The van der Waals surface area contributed by atoms with Crippen LogP contribution < -0.4 is 0 Å². The molecule has 2 aliphatic rings. The number of hydrogen-bond donors (Lipinski definition) is 0. The average molecular weight is 168 g/mol. The summed E-state index contributed by atoms with van der Waals surface area (Å²) in [4.78, 5) is 10.8. The van der Waals surface area contributed by atoms with Gasteiger partial charge in [0.1, 0.15) is 12.2 Å². The first-order valence-electron chi connectivity index (χ1n) is 4.30. The average Bonchev–Trinajstić information content (AvgIpc) is 2.84. The van der Waals surface area contributed by atoms with Crippen molar-refractivity contribution in [3.8, 4) is 0 Å². The Bertz CT molecular complexity index is 212. The first-order valence-corrected chi connectivity index (χ1v) is 4.30. The molecule has 66 valence electrons. The number of hydrogen-bond acceptors (Lipinski definition) is 3. The van der Waals surface area contributed by atoms with Crippen LogP contribution >= 0.6 is 0 Å². The molecular weight excluding hydrogens is 156 g/mol. The van der Waals surface area contributed by atoms with Crippen LogP contribution in [0.5, 0.6) is 0 Å². The number of ether oxygens (including phenoxy) is 2. The van der Waals surface area contributed by atoms with Gasteiger partial charge in [0.05, 0.1) is 6.10 Å². The monoisotopic (exact) mass is 168 g/mol. The van der Waals surface area contributed by atoms with Gasteiger partial charge in [-0.3, -0.25) is 0 Å². The van der Waals surface area contributed by atoms with Crippen LogP contribution in [-0.2, 0) is 14.3 Å². The molecule has 0 aromatic carbocycles. The van der Waals surface area contributed by atoms with E-state index >= 15 is 0 Å². The van der Waals surface area contributed by atoms with E-state index in [4.69, 9.17) is 9.47 Å². The highest BCUT2D eigenvalue weighted by Gasteiger charge is 2.48. The van der Waals surface area contributed by atoms with Crippen LogP contribution in [-0.4, -0.2) is 24.3 Å². The van der Waals surface area contributed by atoms with Gasteiger partial charge in [0.25, 0.3) is 0 Å². The quantitative estimate of drug-likeness (QED) is 0.351. The molecule has 0 aromatic heterocycles. The number of rotatable bonds is 2. The molecule has 3 atom stereocenters. The van der Waals surface area contributed by atoms with Crippen molar-refractivity contribution in [2.24, 2.45) is 0 Å². The second-order valence-corrected chi connectivity index (χ2v) is 3.25. The molecule has 0 amide bonds. The summed E-state index contributed by atoms with van der Waals surface area (Å²) in [5, 5.41) is 0. The Balaban J connectivity index is 1.87. The predicted molar refractivity (Wildman–Crippen MR) is 42.6 cm³/mol. The highest BCUT2D eigenvalue weighted by Crippen LogP contribution is 2.38. The molecule has 2 rings (SSSR count). The van der Waals surface area contributed by atoms with Gasteiger partial charge in [0, 0.05) is 6.08 Å². The van der Waals surface area contributed by atoms with Crippen LogP contribution in [0.2, 0.25) is 0 Å². The summed E-state index contributed by atoms with van der Waals surface area (Å²) < 4.78 is 10.4. The third-order valence-corrected chi connectivity index (χ3v) is 2.40. The fourth-order valence-electron chi connectivity index (χ4n) is 1.72. The van der Waals surface area contributed by atoms with Gasteiger partial charge in [-0.2, -0.15) is 0 Å². The maximum absolute atomic E-state index is 10.8. The molecule has 1 aliphatic heterocycles. The number of epoxide rings is 1. The molecule has 3 unspecified atom stereocenters. The number of fused-ring (bicyclic) bond motifs is 1. The van der Waals surface area contributed by atoms with Gasteiger partial charge in [0.2, 0.25) is 0 Å². The minimum absolute atomic E-state index is 0.0192. The van der Waals surface area contributed by atoms with E-state index in [-0.39, 0.29) is 18.2 Å². The zero-order chi connectivity index (χ0) is 8.55. The van der Waals surface area contributed by atoms with Crippen molar-refractivity contribution < 1.29 is 14.3 Å². The standard InChI is InChI=1S/C9H12O3/c1-2-8(10)11-6-4-3-5-7-9(6)12-7/h2,6-7,9H,1,3-5H2. The normalized spacial score (nSPS) is 38.2. The Hall–Kier alpha value is -0.830. The second-order valence-electron chi connectivity index (χ2n) is 3.25. The molecule has 12 heavy (non-hydrogen) atoms. The molecule has 1 saturated carbocycles. The van der Waals surface area contributed by atoms with Crippen LogP contribution in [0.25, 0.3) is 0 Å². The summed E-state index contributed by atoms with van der Waals surface area (Å²) in [6.07, 6.45) is 4.87. The van der Waals surface area contributed by atoms with E-state index in [9.17, 15) is 4.79 Å². The molecule has 2 fully saturated rings. The summed E-state index contributed by atoms with van der Waals surface area (Å²) in [7, 11) is 0. The molecule has 3 nitrogen and oxygen atoms in total. The topological polar surface area (TPSA) is 38.8 Å². The minimum Gasteiger partial charge on any atom is -0.456 e. The molecule has 3 heteroatoms. The minimum atomic E-state index is -0.337. The zero-order valence-electron chi connectivity index (χ0n) is 6.86. The van der Waals surface area contributed by atoms with Crippen molar-refractivity contribution in [3.63, 3.8) is 0 Å². The summed E-state index contributed by atoms with van der Waals surface area (Å²) in [5.74, 6) is -0.337. The lowest BCUT2D eigenvalue weighted by Crippen LogP contribution is -2.27. The fourth-order valence-corrected chi connectivity index (χ4v) is 1.72. The van der Waals surface area contributed by atoms with Crippen molar-refractivity contribution in [2.75, 3.05) is 0 Å². The molecule has 0 bridgehead atoms. The van der Waals surface area contributed by atoms with Crippen LogP contribution in [0.1, 0.15) is 19.3 Å². The highest BCUT2D eigenvalue weighted by molar-refractivity contribution is 5.81. The predicted octanol–water partition coefficient (Wildman–Crippen LogP) is 1.04. The number of carbonyl (C=O) groups is 1. The largest absolute Gasteiger partial charge is 0.456 e. The molecule has 0 spiro atoms. The summed E-state index contributed by atoms with van der Waals surface area (Å²) in [6, 6.07) is 0. The lowest BCUT2D eigenvalue weighted by atomic mass is 9.98. The van der Waals surface area contributed by atoms with E-state index < -0.39 is 0 Å². The molecule has 1 saturated heterocycles. The van der Waals surface area contributed by atoms with E-state index in [1.807, 2.05) is 0 Å². The number of esters is 1. The lowest BCUT2D eigenvalue weighted by Gasteiger charge is -2.17. The SMILES string of the molecule is C=CC(=O)OC1CCCC2OC12. The van der Waals surface area contributed by atoms with Crippen molar-refractivity contribution in [2.45, 2.75) is 37.6 Å². The van der Waals surface area contributed by atoms with E-state index in [1.165, 1.54) is 6.08 Å². The van der Waals surface area contributed by atoms with Gasteiger partial charge in [-0.1, -0.05) is 6.58 Å². The fraction of sp³-hybridized carbons (Fsp3) is 0.667. The van der Waals surface area contributed by atoms with Crippen molar-refractivity contribution >= 4 is 5.97 Å². The Labute approximate surface area is 71.3 Å². The van der Waals surface area contributed by atoms with Crippen LogP contribution in [0, 0.1) is 0 Å². The van der Waals surface area contributed by atoms with Gasteiger partial charge in [-0.05, 0) is 19.3 Å². The lowest BCUT2D eigenvalue weighted by molar-refractivity contribution is -0.144. The molecular formula is C9H12O3. The van der Waals surface area contributed by atoms with Gasteiger partial charge < -0.3 is 9.47 Å². The zero-order valence-corrected chi connectivity index (χ0v) is 6.86. The number of carbonyl (C=O) groups excluding carboxylic acids is 1. The van der Waals surface area contributed by atoms with E-state index in [1.54, 1.807) is 0 Å². The van der Waals surface area contributed by atoms with Gasteiger partial charge in [0.15, 0.2) is 0 Å². The Morgan fingerprint density at radius 3 is 3.17 bits per heavy atom. The first kappa shape index (κ1) is 7.80. The molecule has 1 heterocycles.